The molecule has 2 N–H and O–H groups in total. The van der Waals surface area contributed by atoms with Crippen molar-refractivity contribution in [2.75, 3.05) is 16.6 Å². The topological polar surface area (TPSA) is 102 Å². The largest absolute Gasteiger partial charge is 0.497 e. The summed E-state index contributed by atoms with van der Waals surface area (Å²) >= 11 is 0. The van der Waals surface area contributed by atoms with Gasteiger partial charge in [0.05, 0.1) is 22.6 Å². The van der Waals surface area contributed by atoms with Crippen LogP contribution in [0, 0.1) is 11.6 Å². The first-order valence-corrected chi connectivity index (χ1v) is 11.3. The first-order chi connectivity index (χ1) is 14.1. The molecule has 3 aromatic carbocycles. The van der Waals surface area contributed by atoms with Gasteiger partial charge in [-0.3, -0.25) is 9.44 Å². The summed E-state index contributed by atoms with van der Waals surface area (Å²) in [7, 11) is -6.81. The maximum absolute atomic E-state index is 13.4. The van der Waals surface area contributed by atoms with E-state index in [1.54, 1.807) is 12.1 Å². The second kappa shape index (κ2) is 8.28. The van der Waals surface area contributed by atoms with Crippen LogP contribution in [-0.2, 0) is 20.0 Å². The van der Waals surface area contributed by atoms with Crippen molar-refractivity contribution in [3.05, 3.63) is 78.4 Å². The molecule has 3 rings (SSSR count). The van der Waals surface area contributed by atoms with Crippen LogP contribution in [0.2, 0.25) is 0 Å². The number of methoxy groups -OCH3 is 1. The van der Waals surface area contributed by atoms with Crippen molar-refractivity contribution in [3.63, 3.8) is 0 Å². The van der Waals surface area contributed by atoms with Gasteiger partial charge in [0.1, 0.15) is 5.75 Å². The van der Waals surface area contributed by atoms with Gasteiger partial charge in [0.15, 0.2) is 11.6 Å². The van der Waals surface area contributed by atoms with Gasteiger partial charge < -0.3 is 4.74 Å². The molecule has 0 radical (unpaired) electrons. The Kier molecular flexibility index (Phi) is 5.94. The molecule has 0 saturated carbocycles. The molecule has 0 aliphatic rings. The Morgan fingerprint density at radius 3 is 1.90 bits per heavy atom. The average molecular weight is 454 g/mol. The molecule has 0 unspecified atom stereocenters. The van der Waals surface area contributed by atoms with Crippen LogP contribution in [0.5, 0.6) is 5.75 Å². The van der Waals surface area contributed by atoms with Crippen molar-refractivity contribution in [2.45, 2.75) is 9.79 Å². The van der Waals surface area contributed by atoms with Gasteiger partial charge in [-0.25, -0.2) is 25.6 Å². The van der Waals surface area contributed by atoms with Crippen molar-refractivity contribution in [1.82, 2.24) is 0 Å². The quantitative estimate of drug-likeness (QED) is 0.568. The SMILES string of the molecule is COc1ccc(NS(=O)(=O)c2cccc(NS(=O)(=O)c3ccc(F)c(F)c3)c2)cc1. The van der Waals surface area contributed by atoms with Gasteiger partial charge in [-0.15, -0.1) is 0 Å². The summed E-state index contributed by atoms with van der Waals surface area (Å²) in [6.07, 6.45) is 0. The number of ether oxygens (including phenoxy) is 1. The van der Waals surface area contributed by atoms with Gasteiger partial charge in [-0.05, 0) is 60.7 Å². The Hall–Kier alpha value is -3.18. The maximum atomic E-state index is 13.4. The van der Waals surface area contributed by atoms with Crippen molar-refractivity contribution < 1.29 is 30.4 Å². The molecule has 0 aliphatic heterocycles. The third-order valence-corrected chi connectivity index (χ3v) is 6.70. The molecule has 0 saturated heterocycles. The highest BCUT2D eigenvalue weighted by Crippen LogP contribution is 2.23. The van der Waals surface area contributed by atoms with E-state index in [-0.39, 0.29) is 16.3 Å². The van der Waals surface area contributed by atoms with E-state index in [4.69, 9.17) is 4.74 Å². The second-order valence-electron chi connectivity index (χ2n) is 6.04. The highest BCUT2D eigenvalue weighted by molar-refractivity contribution is 7.93. The number of hydrogen-bond acceptors (Lipinski definition) is 5. The van der Waals surface area contributed by atoms with Crippen LogP contribution in [-0.4, -0.2) is 23.9 Å². The molecule has 0 fully saturated rings. The molecular formula is C19H16F2N2O5S2. The summed E-state index contributed by atoms with van der Waals surface area (Å²) in [5.41, 5.74) is 0.209. The van der Waals surface area contributed by atoms with E-state index in [0.29, 0.717) is 17.9 Å². The first-order valence-electron chi connectivity index (χ1n) is 8.35. The van der Waals surface area contributed by atoms with Crippen LogP contribution in [0.1, 0.15) is 0 Å². The van der Waals surface area contributed by atoms with Crippen LogP contribution in [0.3, 0.4) is 0 Å². The minimum Gasteiger partial charge on any atom is -0.497 e. The summed E-state index contributed by atoms with van der Waals surface area (Å²) in [6.45, 7) is 0. The third kappa shape index (κ3) is 4.86. The zero-order valence-electron chi connectivity index (χ0n) is 15.5. The van der Waals surface area contributed by atoms with Crippen LogP contribution in [0.15, 0.2) is 76.5 Å². The lowest BCUT2D eigenvalue weighted by Gasteiger charge is -2.12. The first kappa shape index (κ1) is 21.5. The Morgan fingerprint density at radius 2 is 1.30 bits per heavy atom. The van der Waals surface area contributed by atoms with Gasteiger partial charge in [-0.1, -0.05) is 6.07 Å². The van der Waals surface area contributed by atoms with Gasteiger partial charge in [0.2, 0.25) is 0 Å². The predicted octanol–water partition coefficient (Wildman–Crippen LogP) is 3.58. The summed E-state index contributed by atoms with van der Waals surface area (Å²) in [6, 6.07) is 13.3. The second-order valence-corrected chi connectivity index (χ2v) is 9.41. The molecule has 0 atom stereocenters. The molecule has 0 spiro atoms. The minimum atomic E-state index is -4.27. The monoisotopic (exact) mass is 454 g/mol. The molecule has 0 bridgehead atoms. The average Bonchev–Trinajstić information content (AvgIpc) is 2.70. The number of benzene rings is 3. The van der Waals surface area contributed by atoms with Gasteiger partial charge >= 0.3 is 0 Å². The van der Waals surface area contributed by atoms with Crippen molar-refractivity contribution in [1.29, 1.82) is 0 Å². The lowest BCUT2D eigenvalue weighted by Crippen LogP contribution is -2.15. The molecule has 0 aliphatic carbocycles. The molecule has 0 aromatic heterocycles. The fraction of sp³-hybridized carbons (Fsp3) is 0.0526. The van der Waals surface area contributed by atoms with E-state index in [9.17, 15) is 25.6 Å². The van der Waals surface area contributed by atoms with E-state index in [0.717, 1.165) is 12.1 Å². The predicted molar refractivity (Wildman–Crippen MR) is 107 cm³/mol. The normalized spacial score (nSPS) is 11.7. The molecule has 0 amide bonds. The van der Waals surface area contributed by atoms with Crippen LogP contribution >= 0.6 is 0 Å². The molecule has 30 heavy (non-hydrogen) atoms. The maximum Gasteiger partial charge on any atom is 0.261 e. The van der Waals surface area contributed by atoms with Crippen LogP contribution in [0.4, 0.5) is 20.2 Å². The number of rotatable bonds is 7. The lowest BCUT2D eigenvalue weighted by molar-refractivity contribution is 0.415. The van der Waals surface area contributed by atoms with E-state index in [1.807, 2.05) is 0 Å². The van der Waals surface area contributed by atoms with Crippen LogP contribution < -0.4 is 14.2 Å². The number of nitrogens with one attached hydrogen (secondary N) is 2. The highest BCUT2D eigenvalue weighted by Gasteiger charge is 2.19. The standard InChI is InChI=1S/C19H16F2N2O5S2/c1-28-15-7-5-13(6-8-15)22-29(24,25)16-4-2-3-14(11-16)23-30(26,27)17-9-10-18(20)19(21)12-17/h2-12,22-23H,1H3. The highest BCUT2D eigenvalue weighted by atomic mass is 32.2. The zero-order valence-corrected chi connectivity index (χ0v) is 17.1. The Bertz CT molecular complexity index is 1280. The van der Waals surface area contributed by atoms with Crippen LogP contribution in [0.25, 0.3) is 0 Å². The van der Waals surface area contributed by atoms with E-state index < -0.39 is 36.6 Å². The van der Waals surface area contributed by atoms with Gasteiger partial charge in [0.25, 0.3) is 20.0 Å². The molecule has 0 heterocycles. The zero-order chi connectivity index (χ0) is 21.9. The Balaban J connectivity index is 1.84. The number of hydrogen-bond donors (Lipinski definition) is 2. The molecule has 3 aromatic rings. The third-order valence-electron chi connectivity index (χ3n) is 3.94. The van der Waals surface area contributed by atoms with Crippen molar-refractivity contribution in [2.24, 2.45) is 0 Å². The fourth-order valence-corrected chi connectivity index (χ4v) is 4.62. The lowest BCUT2D eigenvalue weighted by atomic mass is 10.3. The van der Waals surface area contributed by atoms with Crippen molar-refractivity contribution >= 4 is 31.4 Å². The van der Waals surface area contributed by atoms with E-state index in [1.165, 1.54) is 37.4 Å². The summed E-state index contributed by atoms with van der Waals surface area (Å²) in [5.74, 6) is -1.96. The minimum absolute atomic E-state index is 0.0719. The smallest absolute Gasteiger partial charge is 0.261 e. The fourth-order valence-electron chi connectivity index (χ4n) is 2.46. The summed E-state index contributed by atoms with van der Waals surface area (Å²) in [4.78, 5) is -0.713. The molecule has 11 heteroatoms. The van der Waals surface area contributed by atoms with E-state index in [2.05, 4.69) is 9.44 Å². The Labute approximate surface area is 172 Å². The van der Waals surface area contributed by atoms with Gasteiger partial charge in [-0.2, -0.15) is 0 Å². The molecular weight excluding hydrogens is 438 g/mol. The summed E-state index contributed by atoms with van der Waals surface area (Å²) in [5, 5.41) is 0. The Morgan fingerprint density at radius 1 is 0.700 bits per heavy atom. The van der Waals surface area contributed by atoms with Crippen molar-refractivity contribution in [3.8, 4) is 5.75 Å². The number of anilines is 2. The molecule has 7 nitrogen and oxygen atoms in total. The summed E-state index contributed by atoms with van der Waals surface area (Å²) < 4.78 is 86.0. The number of halogens is 2. The molecule has 158 valence electrons. The van der Waals surface area contributed by atoms with E-state index >= 15 is 0 Å². The van der Waals surface area contributed by atoms with Gasteiger partial charge in [0, 0.05) is 5.69 Å². The number of sulfonamides is 2.